The van der Waals surface area contributed by atoms with Crippen LogP contribution in [0, 0.1) is 11.8 Å². The van der Waals surface area contributed by atoms with E-state index in [0.29, 0.717) is 12.0 Å². The minimum Gasteiger partial charge on any atom is -0.395 e. The number of hydrogen-bond donors (Lipinski definition) is 1. The Bertz CT molecular complexity index is 445. The van der Waals surface area contributed by atoms with E-state index >= 15 is 0 Å². The number of thiophene rings is 1. The number of hydrogen-bond acceptors (Lipinski definition) is 4. The second-order valence-corrected chi connectivity index (χ2v) is 5.59. The monoisotopic (exact) mass is 283 g/mol. The largest absolute Gasteiger partial charge is 0.395 e. The van der Waals surface area contributed by atoms with E-state index in [9.17, 15) is 4.79 Å². The zero-order valence-corrected chi connectivity index (χ0v) is 12.2. The molecule has 0 aliphatic heterocycles. The van der Waals surface area contributed by atoms with Crippen LogP contribution in [-0.4, -0.2) is 48.1 Å². The zero-order valence-electron chi connectivity index (χ0n) is 10.6. The summed E-state index contributed by atoms with van der Waals surface area (Å²) >= 11 is 3.19. The van der Waals surface area contributed by atoms with E-state index in [0.717, 1.165) is 17.2 Å². The lowest BCUT2D eigenvalue weighted by Gasteiger charge is -2.15. The van der Waals surface area contributed by atoms with Gasteiger partial charge in [-0.1, -0.05) is 11.8 Å². The molecule has 0 saturated carbocycles. The number of amides is 1. The Morgan fingerprint density at radius 1 is 1.61 bits per heavy atom. The molecule has 5 heteroatoms. The summed E-state index contributed by atoms with van der Waals surface area (Å²) in [6.07, 6.45) is 2.49. The first-order chi connectivity index (χ1) is 8.69. The molecule has 0 unspecified atom stereocenters. The fraction of sp³-hybridized carbons (Fsp3) is 0.462. The summed E-state index contributed by atoms with van der Waals surface area (Å²) in [5, 5.41) is 10.5. The van der Waals surface area contributed by atoms with Crippen molar-refractivity contribution in [1.82, 2.24) is 4.90 Å². The molecule has 0 aromatic carbocycles. The second-order valence-electron chi connectivity index (χ2n) is 3.69. The van der Waals surface area contributed by atoms with Crippen molar-refractivity contribution in [3.05, 3.63) is 21.9 Å². The van der Waals surface area contributed by atoms with Gasteiger partial charge in [0.15, 0.2) is 0 Å². The highest BCUT2D eigenvalue weighted by molar-refractivity contribution is 7.98. The molecule has 0 aliphatic carbocycles. The summed E-state index contributed by atoms with van der Waals surface area (Å²) in [7, 11) is 1.81. The van der Waals surface area contributed by atoms with Crippen LogP contribution in [0.1, 0.15) is 21.7 Å². The zero-order chi connectivity index (χ0) is 13.4. The summed E-state index contributed by atoms with van der Waals surface area (Å²) in [4.78, 5) is 14.6. The van der Waals surface area contributed by atoms with Gasteiger partial charge in [0.25, 0.3) is 5.91 Å². The minimum absolute atomic E-state index is 0.0375. The number of thioether (sulfide) groups is 1. The molecular weight excluding hydrogens is 266 g/mol. The Labute approximate surface area is 116 Å². The third kappa shape index (κ3) is 4.73. The molecule has 98 valence electrons. The first-order valence-corrected chi connectivity index (χ1v) is 7.89. The molecule has 0 bridgehead atoms. The Morgan fingerprint density at radius 2 is 2.39 bits per heavy atom. The minimum atomic E-state index is 0.0375. The van der Waals surface area contributed by atoms with Gasteiger partial charge in [0.05, 0.1) is 17.0 Å². The number of aliphatic hydroxyl groups is 1. The predicted molar refractivity (Wildman–Crippen MR) is 78.2 cm³/mol. The Kier molecular flexibility index (Phi) is 6.88. The Morgan fingerprint density at radius 3 is 3.06 bits per heavy atom. The molecule has 1 aromatic rings. The molecule has 0 atom stereocenters. The average Bonchev–Trinajstić information content (AvgIpc) is 2.84. The third-order valence-electron chi connectivity index (χ3n) is 2.27. The molecule has 0 saturated heterocycles. The van der Waals surface area contributed by atoms with Crippen LogP contribution >= 0.6 is 23.1 Å². The van der Waals surface area contributed by atoms with Gasteiger partial charge < -0.3 is 10.0 Å². The number of nitrogens with zero attached hydrogens (tertiary/aromatic N) is 1. The summed E-state index contributed by atoms with van der Waals surface area (Å²) in [6, 6.07) is 1.81. The smallest absolute Gasteiger partial charge is 0.254 e. The van der Waals surface area contributed by atoms with Crippen LogP contribution in [0.4, 0.5) is 0 Å². The van der Waals surface area contributed by atoms with Crippen molar-refractivity contribution in [2.24, 2.45) is 0 Å². The van der Waals surface area contributed by atoms with Gasteiger partial charge >= 0.3 is 0 Å². The second kappa shape index (κ2) is 8.20. The standard InChI is InChI=1S/C13H17NO2S2/c1-14(6-8-17-2)13(16)11-9-12(18-10-11)5-3-4-7-15/h9-10,15H,4,6-8H2,1-2H3. The molecule has 1 aromatic heterocycles. The van der Waals surface area contributed by atoms with E-state index in [2.05, 4.69) is 11.8 Å². The van der Waals surface area contributed by atoms with Crippen molar-refractivity contribution in [1.29, 1.82) is 0 Å². The summed E-state index contributed by atoms with van der Waals surface area (Å²) in [5.74, 6) is 6.76. The number of aliphatic hydroxyl groups excluding tert-OH is 1. The highest BCUT2D eigenvalue weighted by atomic mass is 32.2. The van der Waals surface area contributed by atoms with Crippen LogP contribution in [0.25, 0.3) is 0 Å². The van der Waals surface area contributed by atoms with Crippen LogP contribution in [0.3, 0.4) is 0 Å². The van der Waals surface area contributed by atoms with Gasteiger partial charge in [-0.25, -0.2) is 0 Å². The lowest BCUT2D eigenvalue weighted by Crippen LogP contribution is -2.28. The molecule has 3 nitrogen and oxygen atoms in total. The van der Waals surface area contributed by atoms with Crippen LogP contribution in [0.15, 0.2) is 11.4 Å². The number of carbonyl (C=O) groups excluding carboxylic acids is 1. The van der Waals surface area contributed by atoms with Gasteiger partial charge in [-0.15, -0.1) is 11.3 Å². The average molecular weight is 283 g/mol. The third-order valence-corrected chi connectivity index (χ3v) is 3.71. The molecule has 1 N–H and O–H groups in total. The van der Waals surface area contributed by atoms with Gasteiger partial charge in [0.1, 0.15) is 0 Å². The van der Waals surface area contributed by atoms with E-state index in [1.54, 1.807) is 16.7 Å². The van der Waals surface area contributed by atoms with Gasteiger partial charge in [-0.2, -0.15) is 11.8 Å². The fourth-order valence-electron chi connectivity index (χ4n) is 1.27. The maximum absolute atomic E-state index is 12.0. The van der Waals surface area contributed by atoms with Crippen LogP contribution in [0.2, 0.25) is 0 Å². The molecule has 0 fully saturated rings. The first-order valence-electron chi connectivity index (χ1n) is 5.61. The number of rotatable bonds is 5. The van der Waals surface area contributed by atoms with E-state index in [4.69, 9.17) is 5.11 Å². The molecule has 0 radical (unpaired) electrons. The topological polar surface area (TPSA) is 40.5 Å². The van der Waals surface area contributed by atoms with Gasteiger partial charge in [0.2, 0.25) is 0 Å². The van der Waals surface area contributed by atoms with Gasteiger partial charge in [-0.05, 0) is 12.3 Å². The normalized spacial score (nSPS) is 9.72. The SMILES string of the molecule is CSCCN(C)C(=O)c1csc(C#CCCO)c1. The van der Waals surface area contributed by atoms with Crippen molar-refractivity contribution >= 4 is 29.0 Å². The quantitative estimate of drug-likeness (QED) is 0.839. The van der Waals surface area contributed by atoms with Crippen molar-refractivity contribution in [2.75, 3.05) is 32.2 Å². The highest BCUT2D eigenvalue weighted by Gasteiger charge is 2.12. The molecule has 1 amide bonds. The van der Waals surface area contributed by atoms with Gasteiger partial charge in [-0.3, -0.25) is 4.79 Å². The molecule has 1 rings (SSSR count). The fourth-order valence-corrected chi connectivity index (χ4v) is 2.47. The maximum Gasteiger partial charge on any atom is 0.254 e. The van der Waals surface area contributed by atoms with Crippen molar-refractivity contribution in [2.45, 2.75) is 6.42 Å². The van der Waals surface area contributed by atoms with E-state index in [1.165, 1.54) is 11.3 Å². The highest BCUT2D eigenvalue weighted by Crippen LogP contribution is 2.15. The van der Waals surface area contributed by atoms with E-state index in [1.807, 2.05) is 24.7 Å². The summed E-state index contributed by atoms with van der Waals surface area (Å²) in [5.41, 5.74) is 0.692. The Balaban J connectivity index is 2.62. The summed E-state index contributed by atoms with van der Waals surface area (Å²) < 4.78 is 0. The number of carbonyl (C=O) groups is 1. The van der Waals surface area contributed by atoms with Crippen LogP contribution in [-0.2, 0) is 0 Å². The summed E-state index contributed by atoms with van der Waals surface area (Å²) in [6.45, 7) is 0.822. The van der Waals surface area contributed by atoms with E-state index < -0.39 is 0 Å². The molecular formula is C13H17NO2S2. The van der Waals surface area contributed by atoms with Crippen LogP contribution in [0.5, 0.6) is 0 Å². The lowest BCUT2D eigenvalue weighted by molar-refractivity contribution is 0.0804. The van der Waals surface area contributed by atoms with Crippen molar-refractivity contribution in [3.8, 4) is 11.8 Å². The molecule has 1 heterocycles. The lowest BCUT2D eigenvalue weighted by atomic mass is 10.2. The predicted octanol–water partition coefficient (Wildman–Crippen LogP) is 1.92. The molecule has 0 aliphatic rings. The maximum atomic E-state index is 12.0. The van der Waals surface area contributed by atoms with E-state index in [-0.39, 0.29) is 12.5 Å². The molecule has 18 heavy (non-hydrogen) atoms. The van der Waals surface area contributed by atoms with Crippen LogP contribution < -0.4 is 0 Å². The molecule has 0 spiro atoms. The van der Waals surface area contributed by atoms with Crippen molar-refractivity contribution in [3.63, 3.8) is 0 Å². The van der Waals surface area contributed by atoms with Gasteiger partial charge in [0, 0.05) is 31.1 Å². The Hall–Kier alpha value is -0.960. The first kappa shape index (κ1) is 15.1. The van der Waals surface area contributed by atoms with Crippen molar-refractivity contribution < 1.29 is 9.90 Å².